The third kappa shape index (κ3) is 5.72. The molecular formula is C19H19N3O8. The number of hydrogen-bond donors (Lipinski definition) is 0. The van der Waals surface area contributed by atoms with E-state index in [1.165, 1.54) is 12.3 Å². The Morgan fingerprint density at radius 1 is 0.800 bits per heavy atom. The van der Waals surface area contributed by atoms with Crippen molar-refractivity contribution in [1.29, 1.82) is 0 Å². The number of nitro groups is 2. The van der Waals surface area contributed by atoms with Crippen molar-refractivity contribution in [2.24, 2.45) is 4.99 Å². The first-order valence-electron chi connectivity index (χ1n) is 9.06. The van der Waals surface area contributed by atoms with Crippen molar-refractivity contribution in [2.75, 3.05) is 39.6 Å². The maximum Gasteiger partial charge on any atom is 0.301 e. The minimum atomic E-state index is -0.711. The minimum absolute atomic E-state index is 0.00100. The molecule has 30 heavy (non-hydrogen) atoms. The molecule has 0 spiro atoms. The topological polar surface area (TPSA) is 136 Å². The molecule has 11 nitrogen and oxygen atoms in total. The predicted octanol–water partition coefficient (Wildman–Crippen LogP) is 3.06. The SMILES string of the molecule is O=[N+]([O-])c1ccc(N=Cc2ccc3c(c2)OCCOCCOCCO3)c([N+](=O)[O-])c1. The van der Waals surface area contributed by atoms with Gasteiger partial charge in [0.15, 0.2) is 11.5 Å². The Bertz CT molecular complexity index is 947. The fraction of sp³-hybridized carbons (Fsp3) is 0.316. The molecule has 0 aliphatic carbocycles. The Morgan fingerprint density at radius 2 is 1.47 bits per heavy atom. The van der Waals surface area contributed by atoms with Crippen molar-refractivity contribution in [3.05, 3.63) is 62.2 Å². The number of nitro benzene ring substituents is 2. The van der Waals surface area contributed by atoms with E-state index < -0.39 is 15.5 Å². The third-order valence-corrected chi connectivity index (χ3v) is 4.03. The van der Waals surface area contributed by atoms with Gasteiger partial charge in [-0.25, -0.2) is 4.99 Å². The van der Waals surface area contributed by atoms with Crippen molar-refractivity contribution in [2.45, 2.75) is 0 Å². The van der Waals surface area contributed by atoms with Crippen LogP contribution >= 0.6 is 0 Å². The molecule has 11 heteroatoms. The van der Waals surface area contributed by atoms with Gasteiger partial charge in [-0.15, -0.1) is 0 Å². The molecule has 0 fully saturated rings. The Labute approximate surface area is 171 Å². The molecule has 3 rings (SSSR count). The molecule has 2 aromatic rings. The van der Waals surface area contributed by atoms with Crippen LogP contribution in [0.4, 0.5) is 17.1 Å². The largest absolute Gasteiger partial charge is 0.487 e. The van der Waals surface area contributed by atoms with Crippen molar-refractivity contribution < 1.29 is 28.8 Å². The maximum atomic E-state index is 11.2. The molecule has 1 aliphatic heterocycles. The average Bonchev–Trinajstić information content (AvgIpc) is 2.72. The molecule has 0 aromatic heterocycles. The number of benzene rings is 2. The Kier molecular flexibility index (Phi) is 7.24. The van der Waals surface area contributed by atoms with Crippen LogP contribution in [0.1, 0.15) is 5.56 Å². The molecule has 158 valence electrons. The van der Waals surface area contributed by atoms with Crippen LogP contribution < -0.4 is 9.47 Å². The third-order valence-electron chi connectivity index (χ3n) is 4.03. The van der Waals surface area contributed by atoms with Gasteiger partial charge in [0, 0.05) is 12.3 Å². The summed E-state index contributed by atoms with van der Waals surface area (Å²) in [6.45, 7) is 2.41. The molecule has 2 aromatic carbocycles. The molecule has 0 bridgehead atoms. The highest BCUT2D eigenvalue weighted by molar-refractivity contribution is 5.84. The van der Waals surface area contributed by atoms with Crippen molar-refractivity contribution in [1.82, 2.24) is 0 Å². The Hall–Kier alpha value is -3.57. The predicted molar refractivity (Wildman–Crippen MR) is 106 cm³/mol. The van der Waals surface area contributed by atoms with Crippen LogP contribution in [0, 0.1) is 20.2 Å². The molecule has 0 saturated heterocycles. The maximum absolute atomic E-state index is 11.2. The molecule has 0 N–H and O–H groups in total. The van der Waals surface area contributed by atoms with Gasteiger partial charge < -0.3 is 18.9 Å². The van der Waals surface area contributed by atoms with Crippen molar-refractivity contribution >= 4 is 23.3 Å². The van der Waals surface area contributed by atoms with Gasteiger partial charge >= 0.3 is 5.69 Å². The molecule has 0 atom stereocenters. The average molecular weight is 417 g/mol. The zero-order valence-electron chi connectivity index (χ0n) is 15.9. The standard InChI is InChI=1S/C19H19N3O8/c23-21(24)15-2-3-16(17(12-15)22(25)26)20-13-14-1-4-18-19(11-14)30-10-8-28-6-5-27-7-9-29-18/h1-4,11-13H,5-10H2. The van der Waals surface area contributed by atoms with Gasteiger partial charge in [0.05, 0.1) is 42.3 Å². The lowest BCUT2D eigenvalue weighted by Gasteiger charge is -2.15. The summed E-state index contributed by atoms with van der Waals surface area (Å²) in [6.07, 6.45) is 1.41. The van der Waals surface area contributed by atoms with Gasteiger partial charge in [-0.05, 0) is 29.8 Å². The fourth-order valence-electron chi connectivity index (χ4n) is 2.60. The van der Waals surface area contributed by atoms with E-state index in [0.29, 0.717) is 56.7 Å². The summed E-state index contributed by atoms with van der Waals surface area (Å²) in [5.41, 5.74) is -0.226. The highest BCUT2D eigenvalue weighted by Crippen LogP contribution is 2.32. The van der Waals surface area contributed by atoms with Crippen LogP contribution in [0.2, 0.25) is 0 Å². The minimum Gasteiger partial charge on any atom is -0.487 e. The number of rotatable bonds is 4. The molecule has 0 radical (unpaired) electrons. The summed E-state index contributed by atoms with van der Waals surface area (Å²) in [4.78, 5) is 24.8. The van der Waals surface area contributed by atoms with E-state index in [4.69, 9.17) is 18.9 Å². The molecule has 1 aliphatic rings. The fourth-order valence-corrected chi connectivity index (χ4v) is 2.60. The molecule has 0 unspecified atom stereocenters. The number of ether oxygens (including phenoxy) is 4. The van der Waals surface area contributed by atoms with Crippen LogP contribution in [0.3, 0.4) is 0 Å². The first-order chi connectivity index (χ1) is 14.5. The smallest absolute Gasteiger partial charge is 0.301 e. The van der Waals surface area contributed by atoms with E-state index in [2.05, 4.69) is 4.99 Å². The summed E-state index contributed by atoms with van der Waals surface area (Å²) in [7, 11) is 0. The summed E-state index contributed by atoms with van der Waals surface area (Å²) in [5, 5.41) is 22.1. The van der Waals surface area contributed by atoms with Crippen LogP contribution in [0.15, 0.2) is 41.4 Å². The van der Waals surface area contributed by atoms with E-state index in [1.807, 2.05) is 0 Å². The van der Waals surface area contributed by atoms with E-state index in [1.54, 1.807) is 18.2 Å². The lowest BCUT2D eigenvalue weighted by Crippen LogP contribution is -2.15. The van der Waals surface area contributed by atoms with Gasteiger partial charge in [-0.3, -0.25) is 20.2 Å². The highest BCUT2D eigenvalue weighted by atomic mass is 16.6. The number of hydrogen-bond acceptors (Lipinski definition) is 9. The first kappa shape index (κ1) is 21.1. The van der Waals surface area contributed by atoms with Crippen LogP contribution in [-0.4, -0.2) is 55.7 Å². The van der Waals surface area contributed by atoms with Crippen LogP contribution in [0.25, 0.3) is 0 Å². The summed E-state index contributed by atoms with van der Waals surface area (Å²) in [6, 6.07) is 8.38. The molecule has 1 heterocycles. The van der Waals surface area contributed by atoms with E-state index >= 15 is 0 Å². The van der Waals surface area contributed by atoms with Gasteiger partial charge in [-0.2, -0.15) is 0 Å². The number of fused-ring (bicyclic) bond motifs is 1. The van der Waals surface area contributed by atoms with Crippen molar-refractivity contribution in [3.63, 3.8) is 0 Å². The Balaban J connectivity index is 1.83. The second-order valence-electron chi connectivity index (χ2n) is 6.07. The summed E-state index contributed by atoms with van der Waals surface area (Å²) in [5.74, 6) is 0.999. The normalized spacial score (nSPS) is 15.2. The van der Waals surface area contributed by atoms with E-state index in [0.717, 1.165) is 12.1 Å². The van der Waals surface area contributed by atoms with Gasteiger partial charge in [-0.1, -0.05) is 0 Å². The number of non-ortho nitro benzene ring substituents is 1. The molecule has 0 saturated carbocycles. The number of aliphatic imine (C=N–C) groups is 1. The monoisotopic (exact) mass is 417 g/mol. The second-order valence-corrected chi connectivity index (χ2v) is 6.07. The molecule has 0 amide bonds. The molecular weight excluding hydrogens is 398 g/mol. The van der Waals surface area contributed by atoms with Gasteiger partial charge in [0.2, 0.25) is 0 Å². The highest BCUT2D eigenvalue weighted by Gasteiger charge is 2.18. The lowest BCUT2D eigenvalue weighted by molar-refractivity contribution is -0.393. The van der Waals surface area contributed by atoms with E-state index in [-0.39, 0.29) is 11.4 Å². The van der Waals surface area contributed by atoms with Gasteiger partial charge in [0.1, 0.15) is 18.9 Å². The summed E-state index contributed by atoms with van der Waals surface area (Å²) >= 11 is 0. The second kappa shape index (κ2) is 10.3. The van der Waals surface area contributed by atoms with E-state index in [9.17, 15) is 20.2 Å². The quantitative estimate of drug-likeness (QED) is 0.421. The van der Waals surface area contributed by atoms with Crippen LogP contribution in [0.5, 0.6) is 11.5 Å². The lowest BCUT2D eigenvalue weighted by atomic mass is 10.2. The van der Waals surface area contributed by atoms with Crippen molar-refractivity contribution in [3.8, 4) is 11.5 Å². The number of nitrogens with zero attached hydrogens (tertiary/aromatic N) is 3. The zero-order chi connectivity index (χ0) is 21.3. The van der Waals surface area contributed by atoms with Gasteiger partial charge in [0.25, 0.3) is 5.69 Å². The summed E-state index contributed by atoms with van der Waals surface area (Å²) < 4.78 is 22.2. The first-order valence-corrected chi connectivity index (χ1v) is 9.06. The Morgan fingerprint density at radius 3 is 2.13 bits per heavy atom. The zero-order valence-corrected chi connectivity index (χ0v) is 15.9. The van der Waals surface area contributed by atoms with Crippen LogP contribution in [-0.2, 0) is 9.47 Å².